The van der Waals surface area contributed by atoms with Crippen LogP contribution in [0.5, 0.6) is 0 Å². The van der Waals surface area contributed by atoms with Crippen LogP contribution >= 0.6 is 0 Å². The van der Waals surface area contributed by atoms with E-state index in [1.807, 2.05) is 24.3 Å². The number of hydrogen-bond donors (Lipinski definition) is 1. The van der Waals surface area contributed by atoms with Crippen molar-refractivity contribution >= 4 is 23.1 Å². The topological polar surface area (TPSA) is 81.4 Å². The molecule has 0 bridgehead atoms. The van der Waals surface area contributed by atoms with Crippen LogP contribution in [0, 0.1) is 11.3 Å². The van der Waals surface area contributed by atoms with E-state index in [4.69, 9.17) is 10.4 Å². The minimum Gasteiger partial charge on any atom is -0.477 e. The number of benzene rings is 2. The van der Waals surface area contributed by atoms with E-state index in [0.717, 1.165) is 11.3 Å². The molecule has 118 valence electrons. The Hall–Kier alpha value is -3.39. The third kappa shape index (κ3) is 2.55. The quantitative estimate of drug-likeness (QED) is 0.696. The lowest BCUT2D eigenvalue weighted by atomic mass is 10.0. The van der Waals surface area contributed by atoms with Crippen LogP contribution in [0.25, 0.3) is 5.57 Å². The van der Waals surface area contributed by atoms with Gasteiger partial charge in [-0.05, 0) is 41.8 Å². The number of anilines is 1. The molecule has 5 heteroatoms. The average molecular weight is 318 g/mol. The molecule has 0 saturated heterocycles. The largest absolute Gasteiger partial charge is 0.477 e. The summed E-state index contributed by atoms with van der Waals surface area (Å²) in [4.78, 5) is 25.2. The Balaban J connectivity index is 1.91. The van der Waals surface area contributed by atoms with Crippen LogP contribution in [0.4, 0.5) is 5.69 Å². The van der Waals surface area contributed by atoms with Gasteiger partial charge in [-0.3, -0.25) is 4.79 Å². The Kier molecular flexibility index (Phi) is 3.88. The van der Waals surface area contributed by atoms with Gasteiger partial charge in [0.1, 0.15) is 11.6 Å². The van der Waals surface area contributed by atoms with Gasteiger partial charge in [-0.2, -0.15) is 5.26 Å². The van der Waals surface area contributed by atoms with Gasteiger partial charge in [0, 0.05) is 11.3 Å². The van der Waals surface area contributed by atoms with E-state index in [9.17, 15) is 9.59 Å². The number of carboxylic acid groups (broad SMARTS) is 1. The molecule has 0 radical (unpaired) electrons. The second kappa shape index (κ2) is 6.01. The Morgan fingerprint density at radius 2 is 1.83 bits per heavy atom. The van der Waals surface area contributed by atoms with E-state index in [-0.39, 0.29) is 11.5 Å². The number of nitriles is 1. The van der Waals surface area contributed by atoms with Gasteiger partial charge in [-0.1, -0.05) is 30.3 Å². The fourth-order valence-electron chi connectivity index (χ4n) is 2.79. The highest BCUT2D eigenvalue weighted by Gasteiger charge is 2.27. The second-order valence-electron chi connectivity index (χ2n) is 5.51. The summed E-state index contributed by atoms with van der Waals surface area (Å²) in [5.41, 5.74) is 3.18. The molecule has 5 nitrogen and oxygen atoms in total. The van der Waals surface area contributed by atoms with Crippen molar-refractivity contribution in [3.63, 3.8) is 0 Å². The molecule has 3 rings (SSSR count). The maximum Gasteiger partial charge on any atom is 0.346 e. The lowest BCUT2D eigenvalue weighted by Crippen LogP contribution is -2.22. The Bertz CT molecular complexity index is 905. The number of nitrogens with zero attached hydrogens (tertiary/aromatic N) is 2. The molecule has 0 aromatic heterocycles. The van der Waals surface area contributed by atoms with Crippen molar-refractivity contribution in [1.29, 1.82) is 5.26 Å². The van der Waals surface area contributed by atoms with E-state index in [1.54, 1.807) is 42.2 Å². The molecule has 0 atom stereocenters. The van der Waals surface area contributed by atoms with Crippen molar-refractivity contribution < 1.29 is 14.7 Å². The number of aliphatic carboxylic acids is 1. The number of carbonyl (C=O) groups is 2. The number of carboxylic acids is 1. The molecule has 0 unspecified atom stereocenters. The first kappa shape index (κ1) is 15.5. The molecular formula is C19H14N2O3. The van der Waals surface area contributed by atoms with E-state index in [0.29, 0.717) is 23.2 Å². The summed E-state index contributed by atoms with van der Waals surface area (Å²) < 4.78 is 0. The summed E-state index contributed by atoms with van der Waals surface area (Å²) in [6, 6.07) is 16.2. The average Bonchev–Trinajstić information content (AvgIpc) is 2.92. The number of rotatable bonds is 3. The van der Waals surface area contributed by atoms with Crippen molar-refractivity contribution in [2.24, 2.45) is 0 Å². The van der Waals surface area contributed by atoms with Crippen LogP contribution in [0.3, 0.4) is 0 Å². The number of fused-ring (bicyclic) bond motifs is 1. The van der Waals surface area contributed by atoms with E-state index < -0.39 is 5.97 Å². The molecule has 0 fully saturated rings. The molecule has 2 aromatic carbocycles. The summed E-state index contributed by atoms with van der Waals surface area (Å²) in [6.07, 6.45) is 0. The lowest BCUT2D eigenvalue weighted by molar-refractivity contribution is -0.132. The normalized spacial score (nSPS) is 14.0. The van der Waals surface area contributed by atoms with E-state index in [1.165, 1.54) is 0 Å². The Morgan fingerprint density at radius 3 is 2.42 bits per heavy atom. The second-order valence-corrected chi connectivity index (χ2v) is 5.51. The van der Waals surface area contributed by atoms with Gasteiger partial charge < -0.3 is 10.0 Å². The van der Waals surface area contributed by atoms with E-state index in [2.05, 4.69) is 0 Å². The van der Waals surface area contributed by atoms with Crippen LogP contribution in [0.2, 0.25) is 0 Å². The summed E-state index contributed by atoms with van der Waals surface area (Å²) in [5, 5.41) is 18.0. The number of allylic oxidation sites excluding steroid dienone is 1. The third-order valence-electron chi connectivity index (χ3n) is 4.13. The van der Waals surface area contributed by atoms with Crippen LogP contribution in [-0.4, -0.2) is 17.0 Å². The summed E-state index contributed by atoms with van der Waals surface area (Å²) in [5.74, 6) is -1.29. The first-order chi connectivity index (χ1) is 11.5. The number of carbonyl (C=O) groups excluding carboxylic acids is 1. The van der Waals surface area contributed by atoms with Crippen LogP contribution < -0.4 is 4.90 Å². The summed E-state index contributed by atoms with van der Waals surface area (Å²) in [7, 11) is 0. The number of hydrogen-bond acceptors (Lipinski definition) is 3. The minimum absolute atomic E-state index is 0.0473. The molecule has 2 aromatic rings. The zero-order valence-corrected chi connectivity index (χ0v) is 13.0. The van der Waals surface area contributed by atoms with Crippen LogP contribution in [0.1, 0.15) is 28.4 Å². The smallest absolute Gasteiger partial charge is 0.346 e. The molecule has 1 amide bonds. The zero-order valence-electron chi connectivity index (χ0n) is 13.0. The van der Waals surface area contributed by atoms with E-state index >= 15 is 0 Å². The van der Waals surface area contributed by atoms with Crippen molar-refractivity contribution in [2.45, 2.75) is 13.5 Å². The zero-order chi connectivity index (χ0) is 17.3. The van der Waals surface area contributed by atoms with Crippen molar-refractivity contribution in [1.82, 2.24) is 0 Å². The molecule has 24 heavy (non-hydrogen) atoms. The van der Waals surface area contributed by atoms with Gasteiger partial charge in [0.05, 0.1) is 6.54 Å². The highest BCUT2D eigenvalue weighted by atomic mass is 16.4. The van der Waals surface area contributed by atoms with Gasteiger partial charge in [0.25, 0.3) is 5.91 Å². The molecular weight excluding hydrogens is 304 g/mol. The monoisotopic (exact) mass is 318 g/mol. The highest BCUT2D eigenvalue weighted by Crippen LogP contribution is 2.29. The molecule has 1 aliphatic heterocycles. The van der Waals surface area contributed by atoms with Crippen LogP contribution in [0.15, 0.2) is 54.1 Å². The van der Waals surface area contributed by atoms with Gasteiger partial charge in [0.2, 0.25) is 0 Å². The fraction of sp³-hybridized carbons (Fsp3) is 0.105. The fourth-order valence-corrected chi connectivity index (χ4v) is 2.79. The first-order valence-corrected chi connectivity index (χ1v) is 7.37. The molecule has 0 saturated carbocycles. The first-order valence-electron chi connectivity index (χ1n) is 7.37. The standard InChI is InChI=1S/C19H14N2O3/c1-12(17(10-20)19(23)24)13-6-8-15(9-7-13)21-11-14-4-2-3-5-16(14)18(21)22/h2-9H,11H2,1H3,(H,23,24). The predicted molar refractivity (Wildman–Crippen MR) is 89.2 cm³/mol. The minimum atomic E-state index is -1.25. The van der Waals surface area contributed by atoms with Gasteiger partial charge in [-0.25, -0.2) is 4.79 Å². The lowest BCUT2D eigenvalue weighted by Gasteiger charge is -2.16. The third-order valence-corrected chi connectivity index (χ3v) is 4.13. The summed E-state index contributed by atoms with van der Waals surface area (Å²) >= 11 is 0. The maximum atomic E-state index is 12.5. The molecule has 0 aliphatic carbocycles. The molecule has 1 aliphatic rings. The molecule has 1 N–H and O–H groups in total. The van der Waals surface area contributed by atoms with Crippen molar-refractivity contribution in [3.8, 4) is 6.07 Å². The Labute approximate surface area is 139 Å². The van der Waals surface area contributed by atoms with Gasteiger partial charge in [0.15, 0.2) is 0 Å². The van der Waals surface area contributed by atoms with Crippen LogP contribution in [-0.2, 0) is 11.3 Å². The Morgan fingerprint density at radius 1 is 1.17 bits per heavy atom. The molecule has 1 heterocycles. The maximum absolute atomic E-state index is 12.5. The predicted octanol–water partition coefficient (Wildman–Crippen LogP) is 3.23. The highest BCUT2D eigenvalue weighted by molar-refractivity contribution is 6.10. The summed E-state index contributed by atoms with van der Waals surface area (Å²) in [6.45, 7) is 2.11. The molecule has 0 spiro atoms. The SMILES string of the molecule is CC(=C(C#N)C(=O)O)c1ccc(N2Cc3ccccc3C2=O)cc1. The van der Waals surface area contributed by atoms with Crippen molar-refractivity contribution in [3.05, 3.63) is 70.8 Å². The van der Waals surface area contributed by atoms with Gasteiger partial charge in [-0.15, -0.1) is 0 Å². The van der Waals surface area contributed by atoms with Crippen molar-refractivity contribution in [2.75, 3.05) is 4.90 Å². The number of amides is 1. The van der Waals surface area contributed by atoms with Gasteiger partial charge >= 0.3 is 5.97 Å².